The van der Waals surface area contributed by atoms with Crippen LogP contribution in [0, 0.1) is 0 Å². The molecule has 0 bridgehead atoms. The minimum Gasteiger partial charge on any atom is -0.483 e. The van der Waals surface area contributed by atoms with E-state index < -0.39 is 6.04 Å². The molecule has 1 aliphatic rings. The van der Waals surface area contributed by atoms with Gasteiger partial charge in [-0.25, -0.2) is 0 Å². The molecule has 4 aromatic carbocycles. The molecule has 0 heterocycles. The second-order valence-corrected chi connectivity index (χ2v) is 11.4. The summed E-state index contributed by atoms with van der Waals surface area (Å²) < 4.78 is 6.10. The number of nitrogens with one attached hydrogen (secondary N) is 1. The number of carbonyl (C=O) groups is 2. The molecule has 0 unspecified atom stereocenters. The molecular weight excluding hydrogens is 555 g/mol. The Morgan fingerprint density at radius 1 is 0.878 bits per heavy atom. The molecule has 212 valence electrons. The molecule has 5 rings (SSSR count). The van der Waals surface area contributed by atoms with Gasteiger partial charge in [0.1, 0.15) is 11.8 Å². The van der Waals surface area contributed by atoms with Crippen molar-refractivity contribution in [2.75, 3.05) is 6.61 Å². The SMILES string of the molecule is O=C(NC1CCCCC1)[C@H](Cc1ccccc1)N(Cc1ccc(Cl)cc1Cl)C(=O)COc1cccc2ccccc12. The molecule has 41 heavy (non-hydrogen) atoms. The Kier molecular flexibility index (Phi) is 9.81. The van der Waals surface area contributed by atoms with E-state index in [0.29, 0.717) is 27.8 Å². The van der Waals surface area contributed by atoms with E-state index in [2.05, 4.69) is 5.32 Å². The second-order valence-electron chi connectivity index (χ2n) is 10.6. The summed E-state index contributed by atoms with van der Waals surface area (Å²) in [4.78, 5) is 29.6. The van der Waals surface area contributed by atoms with E-state index in [9.17, 15) is 9.59 Å². The third kappa shape index (κ3) is 7.60. The Morgan fingerprint density at radius 2 is 1.61 bits per heavy atom. The van der Waals surface area contributed by atoms with Crippen LogP contribution in [0.4, 0.5) is 0 Å². The van der Waals surface area contributed by atoms with Crippen molar-refractivity contribution < 1.29 is 14.3 Å². The summed E-state index contributed by atoms with van der Waals surface area (Å²) in [6.45, 7) is -0.0788. The van der Waals surface area contributed by atoms with E-state index in [1.165, 1.54) is 6.42 Å². The van der Waals surface area contributed by atoms with Gasteiger partial charge >= 0.3 is 0 Å². The number of amides is 2. The molecule has 1 saturated carbocycles. The normalized spacial score (nSPS) is 14.4. The van der Waals surface area contributed by atoms with Gasteiger partial charge in [-0.1, -0.05) is 115 Å². The summed E-state index contributed by atoms with van der Waals surface area (Å²) in [5.41, 5.74) is 1.67. The molecule has 0 aliphatic heterocycles. The molecule has 1 atom stereocenters. The summed E-state index contributed by atoms with van der Waals surface area (Å²) in [5, 5.41) is 6.15. The number of hydrogen-bond donors (Lipinski definition) is 1. The Labute approximate surface area is 251 Å². The van der Waals surface area contributed by atoms with Crippen LogP contribution in [-0.2, 0) is 22.6 Å². The Morgan fingerprint density at radius 3 is 2.39 bits per heavy atom. The number of halogens is 2. The monoisotopic (exact) mass is 588 g/mol. The van der Waals surface area contributed by atoms with Crippen molar-refractivity contribution >= 4 is 45.8 Å². The number of rotatable bonds is 10. The summed E-state index contributed by atoms with van der Waals surface area (Å²) in [6, 6.07) is 28.0. The fourth-order valence-corrected chi connectivity index (χ4v) is 5.94. The molecule has 0 aromatic heterocycles. The number of hydrogen-bond acceptors (Lipinski definition) is 3. The lowest BCUT2D eigenvalue weighted by Gasteiger charge is -2.33. The van der Waals surface area contributed by atoms with Crippen LogP contribution in [0.1, 0.15) is 43.2 Å². The third-order valence-corrected chi connectivity index (χ3v) is 8.27. The molecule has 0 saturated heterocycles. The molecule has 0 radical (unpaired) electrons. The first-order chi connectivity index (χ1) is 20.0. The fraction of sp³-hybridized carbons (Fsp3) is 0.294. The Balaban J connectivity index is 1.45. The predicted molar refractivity (Wildman–Crippen MR) is 165 cm³/mol. The predicted octanol–water partition coefficient (Wildman–Crippen LogP) is 7.61. The fourth-order valence-electron chi connectivity index (χ4n) is 5.48. The van der Waals surface area contributed by atoms with Gasteiger partial charge in [-0.2, -0.15) is 0 Å². The lowest BCUT2D eigenvalue weighted by Crippen LogP contribution is -2.53. The molecule has 4 aromatic rings. The van der Waals surface area contributed by atoms with Crippen molar-refractivity contribution in [2.45, 2.75) is 57.2 Å². The maximum Gasteiger partial charge on any atom is 0.261 e. The van der Waals surface area contributed by atoms with Gasteiger partial charge in [0.15, 0.2) is 6.61 Å². The van der Waals surface area contributed by atoms with E-state index in [4.69, 9.17) is 27.9 Å². The smallest absolute Gasteiger partial charge is 0.261 e. The maximum absolute atomic E-state index is 14.0. The molecule has 1 fully saturated rings. The summed E-state index contributed by atoms with van der Waals surface area (Å²) >= 11 is 12.7. The van der Waals surface area contributed by atoms with Gasteiger partial charge < -0.3 is 15.0 Å². The molecular formula is C34H34Cl2N2O3. The van der Waals surface area contributed by atoms with Gasteiger partial charge in [0, 0.05) is 34.4 Å². The highest BCUT2D eigenvalue weighted by molar-refractivity contribution is 6.35. The van der Waals surface area contributed by atoms with Crippen LogP contribution < -0.4 is 10.1 Å². The first kappa shape index (κ1) is 29.0. The van der Waals surface area contributed by atoms with E-state index in [-0.39, 0.29) is 31.0 Å². The molecule has 5 nitrogen and oxygen atoms in total. The van der Waals surface area contributed by atoms with Crippen LogP contribution in [0.2, 0.25) is 10.0 Å². The highest BCUT2D eigenvalue weighted by atomic mass is 35.5. The maximum atomic E-state index is 14.0. The van der Waals surface area contributed by atoms with Crippen LogP contribution in [-0.4, -0.2) is 35.4 Å². The summed E-state index contributed by atoms with van der Waals surface area (Å²) in [6.07, 6.45) is 5.64. The number of carbonyl (C=O) groups excluding carboxylic acids is 2. The summed E-state index contributed by atoms with van der Waals surface area (Å²) in [7, 11) is 0. The van der Waals surface area contributed by atoms with Crippen molar-refractivity contribution in [1.82, 2.24) is 10.2 Å². The van der Waals surface area contributed by atoms with Crippen LogP contribution in [0.3, 0.4) is 0 Å². The quantitative estimate of drug-likeness (QED) is 0.207. The van der Waals surface area contributed by atoms with Gasteiger partial charge in [-0.15, -0.1) is 0 Å². The van der Waals surface area contributed by atoms with Gasteiger partial charge in [-0.3, -0.25) is 9.59 Å². The summed E-state index contributed by atoms with van der Waals surface area (Å²) in [5.74, 6) is 0.153. The topological polar surface area (TPSA) is 58.6 Å². The first-order valence-corrected chi connectivity index (χ1v) is 14.9. The van der Waals surface area contributed by atoms with E-state index in [1.54, 1.807) is 23.1 Å². The Bertz CT molecular complexity index is 1480. The zero-order chi connectivity index (χ0) is 28.6. The van der Waals surface area contributed by atoms with E-state index >= 15 is 0 Å². The highest BCUT2D eigenvalue weighted by Crippen LogP contribution is 2.27. The van der Waals surface area contributed by atoms with Crippen molar-refractivity contribution in [3.05, 3.63) is 112 Å². The lowest BCUT2D eigenvalue weighted by atomic mass is 9.94. The lowest BCUT2D eigenvalue weighted by molar-refractivity contribution is -0.143. The van der Waals surface area contributed by atoms with Crippen LogP contribution in [0.15, 0.2) is 91.0 Å². The van der Waals surface area contributed by atoms with Crippen LogP contribution in [0.25, 0.3) is 10.8 Å². The van der Waals surface area contributed by atoms with Crippen molar-refractivity contribution in [2.24, 2.45) is 0 Å². The van der Waals surface area contributed by atoms with Gasteiger partial charge in [-0.05, 0) is 47.6 Å². The molecule has 0 spiro atoms. The minimum atomic E-state index is -0.755. The molecule has 2 amide bonds. The number of ether oxygens (including phenoxy) is 1. The van der Waals surface area contributed by atoms with Crippen molar-refractivity contribution in [3.8, 4) is 5.75 Å². The molecule has 7 heteroatoms. The second kappa shape index (κ2) is 13.9. The van der Waals surface area contributed by atoms with Gasteiger partial charge in [0.05, 0.1) is 0 Å². The van der Waals surface area contributed by atoms with E-state index in [1.807, 2.05) is 72.8 Å². The average Bonchev–Trinajstić information content (AvgIpc) is 2.99. The zero-order valence-corrected chi connectivity index (χ0v) is 24.4. The third-order valence-electron chi connectivity index (χ3n) is 7.68. The van der Waals surface area contributed by atoms with E-state index in [0.717, 1.165) is 42.0 Å². The van der Waals surface area contributed by atoms with Gasteiger partial charge in [0.25, 0.3) is 5.91 Å². The zero-order valence-electron chi connectivity index (χ0n) is 22.9. The molecule has 1 aliphatic carbocycles. The van der Waals surface area contributed by atoms with Crippen molar-refractivity contribution in [1.29, 1.82) is 0 Å². The Hall–Kier alpha value is -3.54. The van der Waals surface area contributed by atoms with Crippen molar-refractivity contribution in [3.63, 3.8) is 0 Å². The molecule has 1 N–H and O–H groups in total. The van der Waals surface area contributed by atoms with Gasteiger partial charge in [0.2, 0.25) is 5.91 Å². The number of fused-ring (bicyclic) bond motifs is 1. The van der Waals surface area contributed by atoms with Crippen LogP contribution >= 0.6 is 23.2 Å². The number of nitrogens with zero attached hydrogens (tertiary/aromatic N) is 1. The largest absolute Gasteiger partial charge is 0.483 e. The average molecular weight is 590 g/mol. The first-order valence-electron chi connectivity index (χ1n) is 14.2. The minimum absolute atomic E-state index is 0.109. The highest BCUT2D eigenvalue weighted by Gasteiger charge is 2.32. The van der Waals surface area contributed by atoms with Crippen LogP contribution in [0.5, 0.6) is 5.75 Å². The number of benzene rings is 4. The standard InChI is InChI=1S/C34H34Cl2N2O3/c35-27-19-18-26(30(36)21-27)22-38(33(39)23-41-32-17-9-13-25-12-7-8-16-29(25)32)31(20-24-10-3-1-4-11-24)34(40)37-28-14-5-2-6-15-28/h1,3-4,7-13,16-19,21,28,31H,2,5-6,14-15,20,22-23H2,(H,37,40)/t31-/m0/s1.